The first kappa shape index (κ1) is 52.2. The molecule has 0 amide bonds. The first-order chi connectivity index (χ1) is 45.4. The number of aromatic nitrogens is 3. The fourth-order valence-corrected chi connectivity index (χ4v) is 15.3. The summed E-state index contributed by atoms with van der Waals surface area (Å²) in [5.41, 5.74) is 21.5. The second-order valence-corrected chi connectivity index (χ2v) is 25.4. The van der Waals surface area contributed by atoms with Crippen molar-refractivity contribution in [3.8, 4) is 67.0 Å². The van der Waals surface area contributed by atoms with Crippen LogP contribution in [0.5, 0.6) is 0 Å². The summed E-state index contributed by atoms with van der Waals surface area (Å²) in [6, 6.07) is 115. The predicted molar refractivity (Wildman–Crippen MR) is 391 cm³/mol. The van der Waals surface area contributed by atoms with Gasteiger partial charge in [-0.3, -0.25) is 0 Å². The third kappa shape index (κ3) is 8.58. The van der Waals surface area contributed by atoms with Crippen LogP contribution in [-0.4, -0.2) is 14.1 Å². The molecule has 1 N–H and O–H groups in total. The predicted octanol–water partition coefficient (Wildman–Crippen LogP) is 22.3. The van der Waals surface area contributed by atoms with Crippen LogP contribution in [0.1, 0.15) is 18.4 Å². The molecule has 0 fully saturated rings. The fraction of sp³-hybridized carbons (Fsp3) is 0.0337. The summed E-state index contributed by atoms with van der Waals surface area (Å²) in [4.78, 5) is 3.75. The quantitative estimate of drug-likeness (QED) is 0.157. The van der Waals surface area contributed by atoms with Crippen LogP contribution in [0.3, 0.4) is 0 Å². The number of H-pyrrole nitrogens is 1. The third-order valence-electron chi connectivity index (χ3n) is 20.1. The van der Waals surface area contributed by atoms with Gasteiger partial charge in [0.2, 0.25) is 0 Å². The minimum Gasteiger partial charge on any atom is -0.355 e. The van der Waals surface area contributed by atoms with Gasteiger partial charge in [0.05, 0.1) is 21.9 Å². The van der Waals surface area contributed by atoms with E-state index in [1.807, 2.05) is 0 Å². The molecular weight excluding hydrogens is 1110 g/mol. The van der Waals surface area contributed by atoms with Gasteiger partial charge in [0.15, 0.2) is 0 Å². The summed E-state index contributed by atoms with van der Waals surface area (Å²) in [5.74, 6) is 0.523. The monoisotopic (exact) mass is 1170 g/mol. The lowest BCUT2D eigenvalue weighted by molar-refractivity contribution is 0.690. The van der Waals surface area contributed by atoms with Crippen molar-refractivity contribution < 1.29 is 0 Å². The molecule has 0 bridgehead atoms. The molecule has 2 atom stereocenters. The topological polar surface area (TPSA) is 25.6 Å². The number of aromatic amines is 1. The highest BCUT2D eigenvalue weighted by Gasteiger charge is 2.24. The van der Waals surface area contributed by atoms with Gasteiger partial charge in [0.1, 0.15) is 0 Å². The maximum atomic E-state index is 3.75. The van der Waals surface area contributed by atoms with E-state index in [-0.39, 0.29) is 11.8 Å². The summed E-state index contributed by atoms with van der Waals surface area (Å²) in [6.45, 7) is 2.38. The van der Waals surface area contributed by atoms with Gasteiger partial charge in [-0.1, -0.05) is 225 Å². The van der Waals surface area contributed by atoms with Crippen LogP contribution in [-0.2, 0) is 0 Å². The Labute approximate surface area is 532 Å². The summed E-state index contributed by atoms with van der Waals surface area (Å²) in [7, 11) is 0. The van der Waals surface area contributed by atoms with Crippen LogP contribution in [0.25, 0.3) is 177 Å². The summed E-state index contributed by atoms with van der Waals surface area (Å²) in [6.07, 6.45) is 5.07. The number of hydrogen-bond acceptors (Lipinski definition) is 0. The van der Waals surface area contributed by atoms with Crippen LogP contribution in [0.2, 0.25) is 0 Å². The Morgan fingerprint density at radius 1 is 0.261 bits per heavy atom. The lowest BCUT2D eigenvalue weighted by Gasteiger charge is -2.22. The molecule has 15 aromatic carbocycles. The smallest absolute Gasteiger partial charge is 0.0541 e. The van der Waals surface area contributed by atoms with E-state index in [0.29, 0.717) is 0 Å². The Bertz CT molecular complexity index is 6070. The van der Waals surface area contributed by atoms with Crippen LogP contribution in [0, 0.1) is 5.92 Å². The molecule has 3 heteroatoms. The zero-order chi connectivity index (χ0) is 60.5. The Balaban J connectivity index is 0.666. The number of benzene rings is 15. The van der Waals surface area contributed by atoms with Gasteiger partial charge in [-0.2, -0.15) is 0 Å². The van der Waals surface area contributed by atoms with Crippen molar-refractivity contribution in [3.63, 3.8) is 0 Å². The van der Waals surface area contributed by atoms with E-state index in [9.17, 15) is 0 Å². The maximum absolute atomic E-state index is 3.75. The molecule has 3 aromatic heterocycles. The zero-order valence-corrected chi connectivity index (χ0v) is 50.6. The summed E-state index contributed by atoms with van der Waals surface area (Å²) in [5, 5.41) is 18.8. The van der Waals surface area contributed by atoms with Gasteiger partial charge in [-0.05, 0) is 213 Å². The summed E-state index contributed by atoms with van der Waals surface area (Å²) < 4.78 is 4.94. The fourth-order valence-electron chi connectivity index (χ4n) is 15.3. The number of rotatable bonds is 8. The van der Waals surface area contributed by atoms with Gasteiger partial charge in [-0.15, -0.1) is 0 Å². The molecule has 0 aliphatic heterocycles. The number of nitrogens with one attached hydrogen (secondary N) is 1. The molecule has 1 aliphatic rings. The second-order valence-electron chi connectivity index (χ2n) is 25.4. The standard InChI is InChI=1S/C89H59N3/c1-55-44-89-83(54-77(55)74-25-21-59-13-5-9-17-65(59)48-74)82-53-73(68-24-20-58-12-4-8-16-64(58)47-68)34-43-88(82)92(89)76-37-28-61(29-38-76)70-31-40-85-79(50-70)78-49-69(30-39-84(78)90-85)60-26-35-75(36-27-60)91-86-41-32-71(66-22-18-56-10-2-6-14-62(56)45-66)51-80(86)81-52-72(33-42-87(81)91)67-23-19-57-11-3-7-15-63(57)46-67/h2-55,77,90H,1H3. The van der Waals surface area contributed by atoms with Crippen molar-refractivity contribution >= 4 is 110 Å². The van der Waals surface area contributed by atoms with Gasteiger partial charge >= 0.3 is 0 Å². The lowest BCUT2D eigenvalue weighted by atomic mass is 9.83. The van der Waals surface area contributed by atoms with E-state index in [0.717, 1.165) is 22.4 Å². The molecule has 18 aromatic rings. The van der Waals surface area contributed by atoms with E-state index in [1.165, 1.54) is 158 Å². The minimum atomic E-state index is 0.237. The van der Waals surface area contributed by atoms with Crippen molar-refractivity contribution in [1.82, 2.24) is 14.1 Å². The second kappa shape index (κ2) is 20.6. The van der Waals surface area contributed by atoms with Crippen molar-refractivity contribution in [1.29, 1.82) is 0 Å². The number of hydrogen-bond donors (Lipinski definition) is 1. The molecule has 3 nitrogen and oxygen atoms in total. The highest BCUT2D eigenvalue weighted by molar-refractivity contribution is 6.13. The molecule has 92 heavy (non-hydrogen) atoms. The molecule has 430 valence electrons. The molecule has 1 aliphatic carbocycles. The van der Waals surface area contributed by atoms with Crippen molar-refractivity contribution in [2.24, 2.45) is 5.92 Å². The van der Waals surface area contributed by atoms with Crippen molar-refractivity contribution in [2.45, 2.75) is 12.8 Å². The Hall–Kier alpha value is -11.8. The van der Waals surface area contributed by atoms with Crippen molar-refractivity contribution in [2.75, 3.05) is 0 Å². The Morgan fingerprint density at radius 3 is 1.07 bits per heavy atom. The van der Waals surface area contributed by atoms with Gasteiger partial charge in [0, 0.05) is 60.5 Å². The van der Waals surface area contributed by atoms with Gasteiger partial charge in [-0.25, -0.2) is 0 Å². The molecule has 0 saturated carbocycles. The molecule has 0 saturated heterocycles. The van der Waals surface area contributed by atoms with Crippen LogP contribution < -0.4 is 10.6 Å². The molecule has 0 spiro atoms. The van der Waals surface area contributed by atoms with E-state index in [4.69, 9.17) is 0 Å². The molecule has 3 heterocycles. The van der Waals surface area contributed by atoms with E-state index < -0.39 is 0 Å². The molecule has 19 rings (SSSR count). The van der Waals surface area contributed by atoms with Crippen LogP contribution >= 0.6 is 0 Å². The van der Waals surface area contributed by atoms with Crippen molar-refractivity contribution in [3.05, 3.63) is 326 Å². The molecule has 0 radical (unpaired) electrons. The normalized spacial score (nSPS) is 14.1. The van der Waals surface area contributed by atoms with Gasteiger partial charge < -0.3 is 14.1 Å². The lowest BCUT2D eigenvalue weighted by Crippen LogP contribution is -2.34. The van der Waals surface area contributed by atoms with Crippen LogP contribution in [0.15, 0.2) is 309 Å². The average Bonchev–Trinajstić information content (AvgIpc) is 1.60. The van der Waals surface area contributed by atoms with E-state index in [1.54, 1.807) is 0 Å². The zero-order valence-electron chi connectivity index (χ0n) is 50.6. The highest BCUT2D eigenvalue weighted by atomic mass is 15.0. The number of nitrogens with zero attached hydrogens (tertiary/aromatic N) is 2. The number of fused-ring (bicyclic) bond motifs is 13. The van der Waals surface area contributed by atoms with Crippen LogP contribution in [0.4, 0.5) is 0 Å². The Morgan fingerprint density at radius 2 is 0.598 bits per heavy atom. The largest absolute Gasteiger partial charge is 0.355 e. The first-order valence-electron chi connectivity index (χ1n) is 32.1. The Kier molecular flexibility index (Phi) is 11.7. The first-order valence-corrected chi connectivity index (χ1v) is 32.1. The summed E-state index contributed by atoms with van der Waals surface area (Å²) >= 11 is 0. The van der Waals surface area contributed by atoms with E-state index in [2.05, 4.69) is 343 Å². The average molecular weight is 1170 g/mol. The highest BCUT2D eigenvalue weighted by Crippen LogP contribution is 2.41. The SMILES string of the molecule is CC1C=c2c(c3cc(-c4ccc5ccccc5c4)ccc3n2-c2ccc(-c3ccc4[nH]c5ccc(-c6ccc(-n7c8ccc(-c9ccc%10ccccc%10c9)cc8c8cc(-c9ccc%10ccccc%10c9)ccc87)cc6)cc5c4c3)cc2)=CC1c1ccc2ccccc2c1. The van der Waals surface area contributed by atoms with E-state index >= 15 is 0 Å². The molecule has 2 unspecified atom stereocenters. The third-order valence-corrected chi connectivity index (χ3v) is 20.1. The minimum absolute atomic E-state index is 0.237. The van der Waals surface area contributed by atoms with Gasteiger partial charge in [0.25, 0.3) is 0 Å². The maximum Gasteiger partial charge on any atom is 0.0541 e. The molecular formula is C89H59N3.